The van der Waals surface area contributed by atoms with Gasteiger partial charge in [0.05, 0.1) is 5.56 Å². The molecule has 0 fully saturated rings. The van der Waals surface area contributed by atoms with Crippen LogP contribution in [0.1, 0.15) is 30.6 Å². The van der Waals surface area contributed by atoms with Crippen LogP contribution in [0, 0.1) is 5.92 Å². The molecule has 130 valence electrons. The maximum absolute atomic E-state index is 12.3. The Kier molecular flexibility index (Phi) is 4.93. The average molecular weight is 354 g/mol. The summed E-state index contributed by atoms with van der Waals surface area (Å²) in [5, 5.41) is 11.4. The number of carbonyl (C=O) groups is 3. The van der Waals surface area contributed by atoms with Crippen LogP contribution in [0.2, 0.25) is 0 Å². The van der Waals surface area contributed by atoms with E-state index in [9.17, 15) is 22.8 Å². The standard InChI is InChI=1S/C15H18N2O6S/c1-9(2)7-11(15(20)21)16-13(18)8-17-14(19)10-5-3-4-6-12(10)24(17,22)23/h3-6,9,11H,7-8H2,1-2H3,(H,16,18)(H,20,21). The van der Waals surface area contributed by atoms with Crippen LogP contribution in [0.3, 0.4) is 0 Å². The van der Waals surface area contributed by atoms with E-state index in [2.05, 4.69) is 5.32 Å². The maximum Gasteiger partial charge on any atom is 0.326 e. The number of carboxylic acids is 1. The molecule has 8 nitrogen and oxygen atoms in total. The molecule has 0 bridgehead atoms. The predicted molar refractivity (Wildman–Crippen MR) is 83.7 cm³/mol. The molecule has 0 saturated carbocycles. The second-order valence-electron chi connectivity index (χ2n) is 5.90. The van der Waals surface area contributed by atoms with Crippen LogP contribution < -0.4 is 5.32 Å². The number of rotatable bonds is 6. The Morgan fingerprint density at radius 3 is 2.42 bits per heavy atom. The fraction of sp³-hybridized carbons (Fsp3) is 0.400. The summed E-state index contributed by atoms with van der Waals surface area (Å²) in [7, 11) is -4.09. The molecule has 1 aliphatic heterocycles. The van der Waals surface area contributed by atoms with E-state index in [1.165, 1.54) is 24.3 Å². The van der Waals surface area contributed by atoms with Crippen LogP contribution in [0.25, 0.3) is 0 Å². The zero-order chi connectivity index (χ0) is 18.1. The lowest BCUT2D eigenvalue weighted by Gasteiger charge is -2.19. The molecule has 0 aliphatic carbocycles. The number of nitrogens with zero attached hydrogens (tertiary/aromatic N) is 1. The Morgan fingerprint density at radius 2 is 1.88 bits per heavy atom. The van der Waals surface area contributed by atoms with Gasteiger partial charge in [-0.2, -0.15) is 0 Å². The van der Waals surface area contributed by atoms with Gasteiger partial charge in [-0.05, 0) is 24.5 Å². The lowest BCUT2D eigenvalue weighted by molar-refractivity contribution is -0.142. The fourth-order valence-corrected chi connectivity index (χ4v) is 3.98. The quantitative estimate of drug-likeness (QED) is 0.765. The molecule has 0 saturated heterocycles. The highest BCUT2D eigenvalue weighted by atomic mass is 32.2. The number of carboxylic acid groups (broad SMARTS) is 1. The van der Waals surface area contributed by atoms with Crippen LogP contribution in [-0.2, 0) is 19.6 Å². The van der Waals surface area contributed by atoms with E-state index >= 15 is 0 Å². The predicted octanol–water partition coefficient (Wildman–Crippen LogP) is 0.447. The van der Waals surface area contributed by atoms with Gasteiger partial charge in [-0.3, -0.25) is 9.59 Å². The van der Waals surface area contributed by atoms with E-state index in [4.69, 9.17) is 5.11 Å². The Hall–Kier alpha value is -2.42. The van der Waals surface area contributed by atoms with Crippen molar-refractivity contribution in [2.75, 3.05) is 6.54 Å². The van der Waals surface area contributed by atoms with Gasteiger partial charge in [0.2, 0.25) is 5.91 Å². The highest BCUT2D eigenvalue weighted by Crippen LogP contribution is 2.29. The normalized spacial score (nSPS) is 16.8. The van der Waals surface area contributed by atoms with E-state index in [0.29, 0.717) is 4.31 Å². The topological polar surface area (TPSA) is 121 Å². The second-order valence-corrected chi connectivity index (χ2v) is 7.73. The number of benzene rings is 1. The van der Waals surface area contributed by atoms with Crippen molar-refractivity contribution in [3.05, 3.63) is 29.8 Å². The summed E-state index contributed by atoms with van der Waals surface area (Å²) in [5.74, 6) is -2.83. The van der Waals surface area contributed by atoms with Crippen molar-refractivity contribution in [3.8, 4) is 0 Å². The number of hydrogen-bond donors (Lipinski definition) is 2. The molecule has 0 radical (unpaired) electrons. The summed E-state index contributed by atoms with van der Waals surface area (Å²) in [6.07, 6.45) is 0.196. The summed E-state index contributed by atoms with van der Waals surface area (Å²) in [4.78, 5) is 35.3. The van der Waals surface area contributed by atoms with Crippen molar-refractivity contribution >= 4 is 27.8 Å². The van der Waals surface area contributed by atoms with Crippen molar-refractivity contribution in [2.24, 2.45) is 5.92 Å². The summed E-state index contributed by atoms with van der Waals surface area (Å²) in [5.41, 5.74) is 0.00210. The molecular formula is C15H18N2O6S. The van der Waals surface area contributed by atoms with Gasteiger partial charge >= 0.3 is 5.97 Å². The second kappa shape index (κ2) is 6.60. The Morgan fingerprint density at radius 1 is 1.25 bits per heavy atom. The number of hydrogen-bond acceptors (Lipinski definition) is 5. The first-order valence-corrected chi connectivity index (χ1v) is 8.77. The van der Waals surface area contributed by atoms with Crippen molar-refractivity contribution in [1.29, 1.82) is 0 Å². The number of sulfonamides is 1. The van der Waals surface area contributed by atoms with Gasteiger partial charge in [0.25, 0.3) is 15.9 Å². The van der Waals surface area contributed by atoms with Gasteiger partial charge < -0.3 is 10.4 Å². The minimum Gasteiger partial charge on any atom is -0.480 e. The Bertz CT molecular complexity index is 787. The van der Waals surface area contributed by atoms with Crippen LogP contribution in [0.4, 0.5) is 0 Å². The summed E-state index contributed by atoms with van der Waals surface area (Å²) >= 11 is 0. The fourth-order valence-electron chi connectivity index (χ4n) is 2.45. The maximum atomic E-state index is 12.3. The van der Waals surface area contributed by atoms with Crippen molar-refractivity contribution < 1.29 is 27.9 Å². The number of aliphatic carboxylic acids is 1. The van der Waals surface area contributed by atoms with E-state index in [0.717, 1.165) is 0 Å². The van der Waals surface area contributed by atoms with Crippen LogP contribution in [0.5, 0.6) is 0 Å². The number of amides is 2. The first-order chi connectivity index (χ1) is 11.1. The first-order valence-electron chi connectivity index (χ1n) is 7.33. The highest BCUT2D eigenvalue weighted by molar-refractivity contribution is 7.90. The lowest BCUT2D eigenvalue weighted by Crippen LogP contribution is -2.47. The van der Waals surface area contributed by atoms with Gasteiger partial charge in [-0.15, -0.1) is 0 Å². The zero-order valence-electron chi connectivity index (χ0n) is 13.2. The molecule has 0 aromatic heterocycles. The Labute approximate surface area is 139 Å². The third kappa shape index (κ3) is 3.40. The monoisotopic (exact) mass is 354 g/mol. The van der Waals surface area contributed by atoms with Gasteiger partial charge in [-0.25, -0.2) is 17.5 Å². The van der Waals surface area contributed by atoms with Gasteiger partial charge in [0.1, 0.15) is 17.5 Å². The molecule has 2 rings (SSSR count). The van der Waals surface area contributed by atoms with Crippen molar-refractivity contribution in [1.82, 2.24) is 9.62 Å². The van der Waals surface area contributed by atoms with E-state index in [1.54, 1.807) is 13.8 Å². The third-order valence-corrected chi connectivity index (χ3v) is 5.33. The molecule has 1 aromatic rings. The van der Waals surface area contributed by atoms with Crippen LogP contribution in [0.15, 0.2) is 29.2 Å². The molecule has 1 aromatic carbocycles. The Balaban J connectivity index is 2.15. The largest absolute Gasteiger partial charge is 0.480 e. The van der Waals surface area contributed by atoms with E-state index < -0.39 is 40.4 Å². The summed E-state index contributed by atoms with van der Waals surface area (Å²) in [6, 6.07) is 4.53. The molecule has 9 heteroatoms. The molecule has 24 heavy (non-hydrogen) atoms. The first kappa shape index (κ1) is 17.9. The minimum atomic E-state index is -4.09. The molecular weight excluding hydrogens is 336 g/mol. The molecule has 0 spiro atoms. The molecule has 1 heterocycles. The smallest absolute Gasteiger partial charge is 0.326 e. The van der Waals surface area contributed by atoms with Gasteiger partial charge in [-0.1, -0.05) is 26.0 Å². The van der Waals surface area contributed by atoms with Crippen LogP contribution in [-0.4, -0.2) is 48.2 Å². The van der Waals surface area contributed by atoms with Crippen molar-refractivity contribution in [2.45, 2.75) is 31.2 Å². The van der Waals surface area contributed by atoms with E-state index in [1.807, 2.05) is 0 Å². The van der Waals surface area contributed by atoms with Crippen LogP contribution >= 0.6 is 0 Å². The average Bonchev–Trinajstić information content (AvgIpc) is 2.68. The lowest BCUT2D eigenvalue weighted by atomic mass is 10.0. The third-order valence-electron chi connectivity index (χ3n) is 3.54. The molecule has 1 aliphatic rings. The number of nitrogens with one attached hydrogen (secondary N) is 1. The minimum absolute atomic E-state index is 0.00210. The number of fused-ring (bicyclic) bond motifs is 1. The highest BCUT2D eigenvalue weighted by Gasteiger charge is 2.42. The summed E-state index contributed by atoms with van der Waals surface area (Å²) < 4.78 is 25.1. The molecule has 2 N–H and O–H groups in total. The molecule has 2 amide bonds. The number of carbonyl (C=O) groups excluding carboxylic acids is 2. The SMILES string of the molecule is CC(C)CC(NC(=O)CN1C(=O)c2ccccc2S1(=O)=O)C(=O)O. The van der Waals surface area contributed by atoms with Crippen molar-refractivity contribution in [3.63, 3.8) is 0 Å². The van der Waals surface area contributed by atoms with E-state index in [-0.39, 0.29) is 22.8 Å². The zero-order valence-corrected chi connectivity index (χ0v) is 14.0. The summed E-state index contributed by atoms with van der Waals surface area (Å²) in [6.45, 7) is 2.85. The van der Waals surface area contributed by atoms with Gasteiger partial charge in [0, 0.05) is 0 Å². The molecule has 1 atom stereocenters. The molecule has 1 unspecified atom stereocenters. The van der Waals surface area contributed by atoms with Gasteiger partial charge in [0.15, 0.2) is 0 Å².